The number of carboxylic acid groups (broad SMARTS) is 1. The van der Waals surface area contributed by atoms with Gasteiger partial charge in [0.15, 0.2) is 0 Å². The molecule has 0 saturated heterocycles. The van der Waals surface area contributed by atoms with Crippen LogP contribution in [-0.4, -0.2) is 34.2 Å². The highest BCUT2D eigenvalue weighted by Crippen LogP contribution is 2.31. The van der Waals surface area contributed by atoms with Crippen molar-refractivity contribution in [3.8, 4) is 11.1 Å². The second-order valence-corrected chi connectivity index (χ2v) is 6.82. The van der Waals surface area contributed by atoms with Crippen molar-refractivity contribution in [1.82, 2.24) is 15.7 Å². The molecule has 0 spiro atoms. The van der Waals surface area contributed by atoms with Crippen molar-refractivity contribution < 1.29 is 23.9 Å². The van der Waals surface area contributed by atoms with Crippen molar-refractivity contribution in [2.45, 2.75) is 26.2 Å². The number of urea groups is 1. The smallest absolute Gasteiger partial charge is 0.341 e. The molecule has 0 fully saturated rings. The Morgan fingerprint density at radius 2 is 2.00 bits per heavy atom. The van der Waals surface area contributed by atoms with E-state index in [4.69, 9.17) is 0 Å². The van der Waals surface area contributed by atoms with Crippen molar-refractivity contribution in [3.05, 3.63) is 59.5 Å². The first-order valence-electron chi connectivity index (χ1n) is 9.67. The number of fused-ring (bicyclic) bond motifs is 1. The molecule has 0 radical (unpaired) electrons. The number of benzene rings is 2. The van der Waals surface area contributed by atoms with E-state index in [1.165, 1.54) is 6.07 Å². The summed E-state index contributed by atoms with van der Waals surface area (Å²) in [5, 5.41) is 16.2. The first kappa shape index (κ1) is 21.7. The molecule has 160 valence electrons. The number of carboxylic acids is 1. The zero-order chi connectivity index (χ0) is 22.4. The fourth-order valence-corrected chi connectivity index (χ4v) is 3.13. The average Bonchev–Trinajstić information content (AvgIpc) is 3.20. The minimum atomic E-state index is -1.23. The van der Waals surface area contributed by atoms with E-state index in [-0.39, 0.29) is 23.1 Å². The monoisotopic (exact) mass is 424 g/mol. The van der Waals surface area contributed by atoms with Crippen LogP contribution < -0.4 is 10.7 Å². The maximum absolute atomic E-state index is 14.6. The molecule has 0 aliphatic heterocycles. The number of amides is 3. The number of carbonyl (C=O) groups is 3. The molecule has 0 atom stereocenters. The van der Waals surface area contributed by atoms with Crippen molar-refractivity contribution in [3.63, 3.8) is 0 Å². The third kappa shape index (κ3) is 5.13. The van der Waals surface area contributed by atoms with Crippen molar-refractivity contribution in [2.75, 3.05) is 0 Å². The van der Waals surface area contributed by atoms with Crippen molar-refractivity contribution in [1.29, 1.82) is 0 Å². The van der Waals surface area contributed by atoms with Crippen LogP contribution in [0.3, 0.4) is 0 Å². The largest absolute Gasteiger partial charge is 0.478 e. The van der Waals surface area contributed by atoms with Crippen molar-refractivity contribution in [2.24, 2.45) is 5.10 Å². The molecular formula is C22H21FN4O4. The fourth-order valence-electron chi connectivity index (χ4n) is 3.13. The Balaban J connectivity index is 1.91. The van der Waals surface area contributed by atoms with E-state index in [1.807, 2.05) is 13.0 Å². The van der Waals surface area contributed by atoms with E-state index in [2.05, 4.69) is 20.8 Å². The predicted octanol–water partition coefficient (Wildman–Crippen LogP) is 4.02. The lowest BCUT2D eigenvalue weighted by atomic mass is 9.93. The van der Waals surface area contributed by atoms with E-state index in [9.17, 15) is 23.9 Å². The van der Waals surface area contributed by atoms with Crippen LogP contribution in [0.15, 0.2) is 47.7 Å². The SMILES string of the molecule is CCCCC(=O)NC(=O)NN=Cc1c(F)ccc(C(=O)O)c1-c1ccc2[nH]ccc2c1. The van der Waals surface area contributed by atoms with E-state index in [1.54, 1.807) is 24.4 Å². The Bertz CT molecular complexity index is 1170. The van der Waals surface area contributed by atoms with Crippen LogP contribution >= 0.6 is 0 Å². The molecule has 3 amide bonds. The van der Waals surface area contributed by atoms with Gasteiger partial charge in [0, 0.05) is 29.3 Å². The molecular weight excluding hydrogens is 403 g/mol. The number of aromatic carboxylic acids is 1. The topological polar surface area (TPSA) is 124 Å². The van der Waals surface area contributed by atoms with E-state index in [0.717, 1.165) is 29.6 Å². The third-order valence-electron chi connectivity index (χ3n) is 4.63. The number of rotatable bonds is 7. The summed E-state index contributed by atoms with van der Waals surface area (Å²) in [6.07, 6.45) is 4.42. The summed E-state index contributed by atoms with van der Waals surface area (Å²) in [7, 11) is 0. The van der Waals surface area contributed by atoms with Gasteiger partial charge in [-0.15, -0.1) is 0 Å². The summed E-state index contributed by atoms with van der Waals surface area (Å²) in [6.45, 7) is 1.92. The Morgan fingerprint density at radius 3 is 2.74 bits per heavy atom. The summed E-state index contributed by atoms with van der Waals surface area (Å²) in [6, 6.07) is 8.32. The van der Waals surface area contributed by atoms with Gasteiger partial charge >= 0.3 is 12.0 Å². The zero-order valence-corrected chi connectivity index (χ0v) is 16.7. The number of carbonyl (C=O) groups excluding carboxylic acids is 2. The van der Waals surface area contributed by atoms with Crippen LogP contribution in [0.2, 0.25) is 0 Å². The number of nitrogens with one attached hydrogen (secondary N) is 3. The molecule has 0 saturated carbocycles. The molecule has 0 aliphatic carbocycles. The molecule has 2 aromatic carbocycles. The summed E-state index contributed by atoms with van der Waals surface area (Å²) in [5.41, 5.74) is 3.33. The average molecular weight is 424 g/mol. The number of hydrazone groups is 1. The maximum atomic E-state index is 14.6. The second kappa shape index (κ2) is 9.66. The van der Waals surface area contributed by atoms with E-state index in [0.29, 0.717) is 12.0 Å². The molecule has 4 N–H and O–H groups in total. The number of aromatic nitrogens is 1. The van der Waals surface area contributed by atoms with Gasteiger partial charge in [-0.25, -0.2) is 19.4 Å². The minimum absolute atomic E-state index is 0.104. The molecule has 31 heavy (non-hydrogen) atoms. The highest BCUT2D eigenvalue weighted by Gasteiger charge is 2.19. The first-order chi connectivity index (χ1) is 14.9. The lowest BCUT2D eigenvalue weighted by molar-refractivity contribution is -0.120. The maximum Gasteiger partial charge on any atom is 0.341 e. The van der Waals surface area contributed by atoms with Crippen molar-refractivity contribution >= 4 is 35.0 Å². The van der Waals surface area contributed by atoms with Gasteiger partial charge in [-0.3, -0.25) is 10.1 Å². The van der Waals surface area contributed by atoms with Crippen LogP contribution in [0.5, 0.6) is 0 Å². The van der Waals surface area contributed by atoms with Gasteiger partial charge < -0.3 is 10.1 Å². The van der Waals surface area contributed by atoms with E-state index >= 15 is 0 Å². The van der Waals surface area contributed by atoms with Crippen LogP contribution in [0, 0.1) is 5.82 Å². The third-order valence-corrected chi connectivity index (χ3v) is 4.63. The van der Waals surface area contributed by atoms with Gasteiger partial charge in [0.2, 0.25) is 5.91 Å². The van der Waals surface area contributed by atoms with E-state index < -0.39 is 23.7 Å². The molecule has 3 rings (SSSR count). The number of imide groups is 1. The van der Waals surface area contributed by atoms with Crippen LogP contribution in [0.4, 0.5) is 9.18 Å². The van der Waals surface area contributed by atoms with Gasteiger partial charge in [-0.2, -0.15) is 5.10 Å². The number of H-pyrrole nitrogens is 1. The Hall–Kier alpha value is -4.01. The first-order valence-corrected chi connectivity index (χ1v) is 9.67. The normalized spacial score (nSPS) is 11.0. The Morgan fingerprint density at radius 1 is 1.19 bits per heavy atom. The molecule has 1 heterocycles. The van der Waals surface area contributed by atoms with Gasteiger partial charge in [0.1, 0.15) is 5.82 Å². The number of hydrogen-bond donors (Lipinski definition) is 4. The Kier molecular flexibility index (Phi) is 6.76. The molecule has 0 unspecified atom stereocenters. The number of nitrogens with zero attached hydrogens (tertiary/aromatic N) is 1. The second-order valence-electron chi connectivity index (χ2n) is 6.82. The Labute approximate surface area is 177 Å². The van der Waals surface area contributed by atoms with Gasteiger partial charge in [0.25, 0.3) is 0 Å². The number of halogens is 1. The fraction of sp³-hybridized carbons (Fsp3) is 0.182. The van der Waals surface area contributed by atoms with Crippen LogP contribution in [-0.2, 0) is 4.79 Å². The van der Waals surface area contributed by atoms with Gasteiger partial charge in [0.05, 0.1) is 11.8 Å². The van der Waals surface area contributed by atoms with Crippen LogP contribution in [0.1, 0.15) is 42.1 Å². The van der Waals surface area contributed by atoms with Crippen LogP contribution in [0.25, 0.3) is 22.0 Å². The standard InChI is InChI=1S/C22H21FN4O4/c1-2-3-4-19(28)26-22(31)27-25-12-16-17(23)7-6-15(21(29)30)20(16)14-5-8-18-13(11-14)9-10-24-18/h5-12,24H,2-4H2,1H3,(H,29,30)(H2,26,27,28,31). The number of unbranched alkanes of at least 4 members (excludes halogenated alkanes) is 1. The zero-order valence-electron chi connectivity index (χ0n) is 16.7. The molecule has 1 aromatic heterocycles. The molecule has 0 bridgehead atoms. The molecule has 3 aromatic rings. The van der Waals surface area contributed by atoms with Gasteiger partial charge in [-0.1, -0.05) is 19.4 Å². The number of aromatic amines is 1. The summed E-state index contributed by atoms with van der Waals surface area (Å²) < 4.78 is 14.6. The summed E-state index contributed by atoms with van der Waals surface area (Å²) >= 11 is 0. The molecule has 9 heteroatoms. The summed E-state index contributed by atoms with van der Waals surface area (Å²) in [4.78, 5) is 38.2. The minimum Gasteiger partial charge on any atom is -0.478 e. The predicted molar refractivity (Wildman–Crippen MR) is 114 cm³/mol. The quantitative estimate of drug-likeness (QED) is 0.338. The lowest BCUT2D eigenvalue weighted by Gasteiger charge is -2.12. The highest BCUT2D eigenvalue weighted by molar-refractivity contribution is 6.04. The molecule has 8 nitrogen and oxygen atoms in total. The number of hydrogen-bond acceptors (Lipinski definition) is 4. The lowest BCUT2D eigenvalue weighted by Crippen LogP contribution is -2.36. The molecule has 0 aliphatic rings. The van der Waals surface area contributed by atoms with Gasteiger partial charge in [-0.05, 0) is 47.7 Å². The summed E-state index contributed by atoms with van der Waals surface area (Å²) in [5.74, 6) is -2.39. The highest BCUT2D eigenvalue weighted by atomic mass is 19.1.